The number of morpholine rings is 1. The van der Waals surface area contributed by atoms with Crippen molar-refractivity contribution >= 4 is 11.8 Å². The molecule has 2 heterocycles. The molecule has 0 spiro atoms. The van der Waals surface area contributed by atoms with Gasteiger partial charge < -0.3 is 15.0 Å². The van der Waals surface area contributed by atoms with Crippen molar-refractivity contribution in [2.24, 2.45) is 0 Å². The van der Waals surface area contributed by atoms with Crippen molar-refractivity contribution in [1.29, 1.82) is 0 Å². The summed E-state index contributed by atoms with van der Waals surface area (Å²) in [4.78, 5) is 2.36. The second-order valence-corrected chi connectivity index (χ2v) is 6.19. The summed E-state index contributed by atoms with van der Waals surface area (Å²) >= 11 is 2.08. The number of likely N-dealkylation sites (N-methyl/N-ethyl adjacent to an activating group) is 1. The third kappa shape index (κ3) is 3.62. The van der Waals surface area contributed by atoms with Gasteiger partial charge in [0.25, 0.3) is 0 Å². The van der Waals surface area contributed by atoms with Crippen molar-refractivity contribution < 1.29 is 4.74 Å². The van der Waals surface area contributed by atoms with Crippen LogP contribution in [0.4, 0.5) is 0 Å². The Labute approximate surface area is 103 Å². The van der Waals surface area contributed by atoms with Crippen LogP contribution in [-0.4, -0.2) is 61.3 Å². The van der Waals surface area contributed by atoms with Crippen LogP contribution in [0.15, 0.2) is 0 Å². The highest BCUT2D eigenvalue weighted by Gasteiger charge is 2.25. The summed E-state index contributed by atoms with van der Waals surface area (Å²) < 4.78 is 5.84. The average Bonchev–Trinajstić information content (AvgIpc) is 2.30. The van der Waals surface area contributed by atoms with E-state index in [4.69, 9.17) is 4.74 Å². The smallest absolute Gasteiger partial charge is 0.0852 e. The maximum absolute atomic E-state index is 5.84. The Hall–Kier alpha value is 0.230. The highest BCUT2D eigenvalue weighted by atomic mass is 32.2. The van der Waals surface area contributed by atoms with Gasteiger partial charge in [0.05, 0.1) is 12.7 Å². The SMILES string of the molecule is C[C@H](N[C@H]1CCCSC1)[C@H]1CN(C)CCO1. The number of hydrogen-bond donors (Lipinski definition) is 1. The largest absolute Gasteiger partial charge is 0.374 e. The van der Waals surface area contributed by atoms with Gasteiger partial charge in [-0.05, 0) is 32.6 Å². The molecule has 0 aromatic rings. The van der Waals surface area contributed by atoms with Gasteiger partial charge in [0.1, 0.15) is 0 Å². The van der Waals surface area contributed by atoms with Gasteiger partial charge in [-0.1, -0.05) is 0 Å². The molecule has 0 radical (unpaired) electrons. The molecular weight excluding hydrogens is 220 g/mol. The Morgan fingerprint density at radius 1 is 1.50 bits per heavy atom. The Morgan fingerprint density at radius 2 is 2.38 bits per heavy atom. The molecular formula is C12H24N2OS. The van der Waals surface area contributed by atoms with Crippen molar-refractivity contribution in [3.05, 3.63) is 0 Å². The minimum atomic E-state index is 0.366. The molecule has 1 N–H and O–H groups in total. The molecule has 0 saturated carbocycles. The van der Waals surface area contributed by atoms with Crippen LogP contribution in [-0.2, 0) is 4.74 Å². The van der Waals surface area contributed by atoms with Crippen molar-refractivity contribution in [3.8, 4) is 0 Å². The summed E-state index contributed by atoms with van der Waals surface area (Å²) in [6, 6.07) is 1.18. The number of thioether (sulfide) groups is 1. The number of rotatable bonds is 3. The number of ether oxygens (including phenoxy) is 1. The van der Waals surface area contributed by atoms with E-state index in [0.29, 0.717) is 18.2 Å². The van der Waals surface area contributed by atoms with Crippen LogP contribution >= 0.6 is 11.8 Å². The van der Waals surface area contributed by atoms with Crippen LogP contribution < -0.4 is 5.32 Å². The Bertz CT molecular complexity index is 209. The van der Waals surface area contributed by atoms with E-state index in [0.717, 1.165) is 19.7 Å². The summed E-state index contributed by atoms with van der Waals surface area (Å²) in [7, 11) is 2.18. The van der Waals surface area contributed by atoms with Gasteiger partial charge in [0.15, 0.2) is 0 Å². The fraction of sp³-hybridized carbons (Fsp3) is 1.00. The van der Waals surface area contributed by atoms with Crippen molar-refractivity contribution in [2.75, 3.05) is 38.2 Å². The van der Waals surface area contributed by atoms with Crippen molar-refractivity contribution in [1.82, 2.24) is 10.2 Å². The first-order valence-electron chi connectivity index (χ1n) is 6.39. The molecule has 2 aliphatic rings. The fourth-order valence-electron chi connectivity index (χ4n) is 2.46. The van der Waals surface area contributed by atoms with Crippen LogP contribution in [0, 0.1) is 0 Å². The first-order chi connectivity index (χ1) is 7.75. The van der Waals surface area contributed by atoms with Gasteiger partial charge >= 0.3 is 0 Å². The van der Waals surface area contributed by atoms with Gasteiger partial charge in [-0.2, -0.15) is 11.8 Å². The van der Waals surface area contributed by atoms with Gasteiger partial charge in [0.2, 0.25) is 0 Å². The molecule has 94 valence electrons. The zero-order chi connectivity index (χ0) is 11.4. The topological polar surface area (TPSA) is 24.5 Å². The van der Waals surface area contributed by atoms with Crippen LogP contribution in [0.5, 0.6) is 0 Å². The highest BCUT2D eigenvalue weighted by molar-refractivity contribution is 7.99. The third-order valence-electron chi connectivity index (χ3n) is 3.51. The minimum Gasteiger partial charge on any atom is -0.374 e. The van der Waals surface area contributed by atoms with Gasteiger partial charge in [-0.15, -0.1) is 0 Å². The van der Waals surface area contributed by atoms with Crippen LogP contribution in [0.1, 0.15) is 19.8 Å². The Balaban J connectivity index is 1.75. The molecule has 0 amide bonds. The summed E-state index contributed by atoms with van der Waals surface area (Å²) in [5.74, 6) is 2.61. The van der Waals surface area contributed by atoms with Gasteiger partial charge in [-0.3, -0.25) is 0 Å². The highest BCUT2D eigenvalue weighted by Crippen LogP contribution is 2.18. The molecule has 2 saturated heterocycles. The third-order valence-corrected chi connectivity index (χ3v) is 4.73. The van der Waals surface area contributed by atoms with E-state index in [-0.39, 0.29) is 0 Å². The number of hydrogen-bond acceptors (Lipinski definition) is 4. The van der Waals surface area contributed by atoms with E-state index < -0.39 is 0 Å². The Morgan fingerprint density at radius 3 is 3.06 bits per heavy atom. The van der Waals surface area contributed by atoms with Crippen LogP contribution in [0.2, 0.25) is 0 Å². The predicted octanol–water partition coefficient (Wildman–Crippen LogP) is 1.19. The maximum atomic E-state index is 5.84. The Kier molecular flexibility index (Phi) is 4.95. The quantitative estimate of drug-likeness (QED) is 0.806. The van der Waals surface area contributed by atoms with Crippen LogP contribution in [0.3, 0.4) is 0 Å². The summed E-state index contributed by atoms with van der Waals surface area (Å²) in [5.41, 5.74) is 0. The minimum absolute atomic E-state index is 0.366. The predicted molar refractivity (Wildman–Crippen MR) is 70.2 cm³/mol. The zero-order valence-electron chi connectivity index (χ0n) is 10.4. The first-order valence-corrected chi connectivity index (χ1v) is 7.55. The lowest BCUT2D eigenvalue weighted by Gasteiger charge is -2.36. The molecule has 0 aliphatic carbocycles. The monoisotopic (exact) mass is 244 g/mol. The van der Waals surface area contributed by atoms with Crippen molar-refractivity contribution in [3.63, 3.8) is 0 Å². The standard InChI is InChI=1S/C12H24N2OS/c1-10(12-8-14(2)5-6-15-12)13-11-4-3-7-16-9-11/h10-13H,3-9H2,1-2H3/t10-,11-,12+/m0/s1. The molecule has 2 aliphatic heterocycles. The molecule has 2 fully saturated rings. The maximum Gasteiger partial charge on any atom is 0.0852 e. The zero-order valence-corrected chi connectivity index (χ0v) is 11.3. The van der Waals surface area contributed by atoms with Crippen molar-refractivity contribution in [2.45, 2.75) is 38.0 Å². The summed E-state index contributed by atoms with van der Waals surface area (Å²) in [6.07, 6.45) is 3.06. The van der Waals surface area contributed by atoms with E-state index >= 15 is 0 Å². The van der Waals surface area contributed by atoms with Crippen LogP contribution in [0.25, 0.3) is 0 Å². The van der Waals surface area contributed by atoms with E-state index in [9.17, 15) is 0 Å². The second-order valence-electron chi connectivity index (χ2n) is 5.04. The summed E-state index contributed by atoms with van der Waals surface area (Å²) in [5, 5.41) is 3.74. The molecule has 2 rings (SSSR count). The average molecular weight is 244 g/mol. The molecule has 0 bridgehead atoms. The lowest BCUT2D eigenvalue weighted by Crippen LogP contribution is -2.53. The van der Waals surface area contributed by atoms with E-state index in [1.54, 1.807) is 0 Å². The molecule has 0 aromatic carbocycles. The fourth-order valence-corrected chi connectivity index (χ4v) is 3.55. The molecule has 0 aromatic heterocycles. The second kappa shape index (κ2) is 6.24. The van der Waals surface area contributed by atoms with E-state index in [1.807, 2.05) is 0 Å². The van der Waals surface area contributed by atoms with Gasteiger partial charge in [-0.25, -0.2) is 0 Å². The van der Waals surface area contributed by atoms with Gasteiger partial charge in [0, 0.05) is 30.9 Å². The number of nitrogens with one attached hydrogen (secondary N) is 1. The molecule has 16 heavy (non-hydrogen) atoms. The first kappa shape index (κ1) is 12.7. The molecule has 3 nitrogen and oxygen atoms in total. The van der Waals surface area contributed by atoms with E-state index in [1.165, 1.54) is 24.3 Å². The molecule has 4 heteroatoms. The van der Waals surface area contributed by atoms with E-state index in [2.05, 4.69) is 35.9 Å². The lowest BCUT2D eigenvalue weighted by molar-refractivity contribution is -0.0369. The number of nitrogens with zero attached hydrogens (tertiary/aromatic N) is 1. The molecule has 3 atom stereocenters. The normalized spacial score (nSPS) is 34.9. The summed E-state index contributed by atoms with van der Waals surface area (Å²) in [6.45, 7) is 5.28. The lowest BCUT2D eigenvalue weighted by atomic mass is 10.1. The molecule has 0 unspecified atom stereocenters.